The number of ether oxygens (including phenoxy) is 1. The van der Waals surface area contributed by atoms with Crippen LogP contribution in [0.5, 0.6) is 5.75 Å². The van der Waals surface area contributed by atoms with Crippen LogP contribution in [0.25, 0.3) is 0 Å². The van der Waals surface area contributed by atoms with Gasteiger partial charge in [-0.1, -0.05) is 23.7 Å². The van der Waals surface area contributed by atoms with Gasteiger partial charge in [0.2, 0.25) is 0 Å². The summed E-state index contributed by atoms with van der Waals surface area (Å²) in [6, 6.07) is 11.1. The predicted octanol–water partition coefficient (Wildman–Crippen LogP) is 4.32. The summed E-state index contributed by atoms with van der Waals surface area (Å²) in [5.74, 6) is 0.537. The smallest absolute Gasteiger partial charge is 0.263 e. The average Bonchev–Trinajstić information content (AvgIpc) is 3.01. The third-order valence-corrected chi connectivity index (χ3v) is 5.04. The van der Waals surface area contributed by atoms with Gasteiger partial charge in [-0.15, -0.1) is 11.3 Å². The second-order valence-corrected chi connectivity index (χ2v) is 7.28. The molecule has 134 valence electrons. The zero-order valence-electron chi connectivity index (χ0n) is 14.5. The number of amides is 1. The van der Waals surface area contributed by atoms with Gasteiger partial charge in [-0.25, -0.2) is 4.98 Å². The van der Waals surface area contributed by atoms with Crippen molar-refractivity contribution in [2.45, 2.75) is 27.0 Å². The third kappa shape index (κ3) is 4.80. The van der Waals surface area contributed by atoms with Crippen LogP contribution in [0.2, 0.25) is 5.02 Å². The van der Waals surface area contributed by atoms with Gasteiger partial charge in [0.05, 0.1) is 11.9 Å². The molecule has 1 N–H and O–H groups in total. The summed E-state index contributed by atoms with van der Waals surface area (Å²) in [6.07, 6.45) is 1.68. The summed E-state index contributed by atoms with van der Waals surface area (Å²) in [4.78, 5) is 21.6. The maximum Gasteiger partial charge on any atom is 0.263 e. The van der Waals surface area contributed by atoms with Crippen LogP contribution >= 0.6 is 22.9 Å². The largest absolute Gasteiger partial charge is 0.485 e. The van der Waals surface area contributed by atoms with Gasteiger partial charge < -0.3 is 10.1 Å². The van der Waals surface area contributed by atoms with Gasteiger partial charge in [0, 0.05) is 17.3 Å². The molecule has 3 aromatic rings. The normalized spacial score (nSPS) is 10.6. The van der Waals surface area contributed by atoms with Crippen molar-refractivity contribution in [1.29, 1.82) is 0 Å². The highest BCUT2D eigenvalue weighted by atomic mass is 35.5. The number of carbonyl (C=O) groups is 1. The van der Waals surface area contributed by atoms with E-state index in [0.717, 1.165) is 16.3 Å². The van der Waals surface area contributed by atoms with Crippen molar-refractivity contribution in [3.05, 3.63) is 74.5 Å². The number of aromatic nitrogens is 2. The minimum Gasteiger partial charge on any atom is -0.485 e. The van der Waals surface area contributed by atoms with Gasteiger partial charge in [0.25, 0.3) is 5.91 Å². The zero-order chi connectivity index (χ0) is 18.5. The summed E-state index contributed by atoms with van der Waals surface area (Å²) in [6.45, 7) is 4.49. The molecule has 0 spiro atoms. The van der Waals surface area contributed by atoms with Gasteiger partial charge in [0.1, 0.15) is 22.2 Å². The number of halogens is 1. The molecule has 2 aromatic heterocycles. The van der Waals surface area contributed by atoms with Gasteiger partial charge in [0.15, 0.2) is 0 Å². The fourth-order valence-corrected chi connectivity index (χ4v) is 3.29. The SMILES string of the molecule is Cc1ccc(OCc2nc(C)c(C(=O)NCc3ccc(Cl)cc3)s2)cn1. The van der Waals surface area contributed by atoms with E-state index in [1.807, 2.05) is 38.1 Å². The Morgan fingerprint density at radius 2 is 1.96 bits per heavy atom. The average molecular weight is 388 g/mol. The highest BCUT2D eigenvalue weighted by Gasteiger charge is 2.15. The molecule has 3 rings (SSSR count). The second kappa shape index (κ2) is 8.29. The third-order valence-electron chi connectivity index (χ3n) is 3.66. The minimum absolute atomic E-state index is 0.141. The van der Waals surface area contributed by atoms with Crippen LogP contribution in [0.4, 0.5) is 0 Å². The zero-order valence-corrected chi connectivity index (χ0v) is 16.0. The van der Waals surface area contributed by atoms with E-state index in [4.69, 9.17) is 16.3 Å². The lowest BCUT2D eigenvalue weighted by atomic mass is 10.2. The number of pyridine rings is 1. The Morgan fingerprint density at radius 1 is 1.19 bits per heavy atom. The van der Waals surface area contributed by atoms with E-state index in [2.05, 4.69) is 15.3 Å². The molecule has 26 heavy (non-hydrogen) atoms. The van der Waals surface area contributed by atoms with E-state index in [-0.39, 0.29) is 5.91 Å². The van der Waals surface area contributed by atoms with E-state index in [1.54, 1.807) is 18.3 Å². The van der Waals surface area contributed by atoms with E-state index in [1.165, 1.54) is 11.3 Å². The van der Waals surface area contributed by atoms with Crippen molar-refractivity contribution in [3.8, 4) is 5.75 Å². The molecule has 0 radical (unpaired) electrons. The maximum atomic E-state index is 12.4. The number of benzene rings is 1. The summed E-state index contributed by atoms with van der Waals surface area (Å²) in [5.41, 5.74) is 2.62. The van der Waals surface area contributed by atoms with Gasteiger partial charge in [-0.2, -0.15) is 0 Å². The molecule has 0 fully saturated rings. The Balaban J connectivity index is 1.58. The molecule has 0 atom stereocenters. The van der Waals surface area contributed by atoms with Crippen LogP contribution in [0.1, 0.15) is 31.6 Å². The molecule has 2 heterocycles. The first-order valence-corrected chi connectivity index (χ1v) is 9.25. The Hall–Kier alpha value is -2.44. The second-order valence-electron chi connectivity index (χ2n) is 5.76. The molecule has 0 saturated carbocycles. The molecule has 0 unspecified atom stereocenters. The molecular formula is C19H18ClN3O2S. The number of nitrogens with zero attached hydrogens (tertiary/aromatic N) is 2. The first kappa shape index (κ1) is 18.4. The highest BCUT2D eigenvalue weighted by Crippen LogP contribution is 2.20. The van der Waals surface area contributed by atoms with Crippen LogP contribution in [-0.2, 0) is 13.2 Å². The molecule has 0 aliphatic rings. The maximum absolute atomic E-state index is 12.4. The molecule has 7 heteroatoms. The van der Waals surface area contributed by atoms with Crippen molar-refractivity contribution in [3.63, 3.8) is 0 Å². The number of nitrogens with one attached hydrogen (secondary N) is 1. The summed E-state index contributed by atoms with van der Waals surface area (Å²) < 4.78 is 5.68. The predicted molar refractivity (Wildman–Crippen MR) is 103 cm³/mol. The summed E-state index contributed by atoms with van der Waals surface area (Å²) in [7, 11) is 0. The van der Waals surface area contributed by atoms with Gasteiger partial charge in [-0.05, 0) is 43.7 Å². The lowest BCUT2D eigenvalue weighted by Crippen LogP contribution is -2.22. The number of thiazole rings is 1. The Kier molecular flexibility index (Phi) is 5.85. The van der Waals surface area contributed by atoms with Crippen molar-refractivity contribution in [2.24, 2.45) is 0 Å². The van der Waals surface area contributed by atoms with Crippen LogP contribution < -0.4 is 10.1 Å². The Bertz CT molecular complexity index is 892. The van der Waals surface area contributed by atoms with Crippen molar-refractivity contribution >= 4 is 28.8 Å². The van der Waals surface area contributed by atoms with E-state index in [9.17, 15) is 4.79 Å². The van der Waals surface area contributed by atoms with Crippen molar-refractivity contribution in [1.82, 2.24) is 15.3 Å². The minimum atomic E-state index is -0.141. The monoisotopic (exact) mass is 387 g/mol. The van der Waals surface area contributed by atoms with E-state index >= 15 is 0 Å². The fraction of sp³-hybridized carbons (Fsp3) is 0.211. The number of rotatable bonds is 6. The molecule has 0 aliphatic carbocycles. The first-order valence-electron chi connectivity index (χ1n) is 8.05. The van der Waals surface area contributed by atoms with Crippen molar-refractivity contribution in [2.75, 3.05) is 0 Å². The first-order chi connectivity index (χ1) is 12.5. The Labute approximate surface area is 161 Å². The highest BCUT2D eigenvalue weighted by molar-refractivity contribution is 7.13. The van der Waals surface area contributed by atoms with Crippen molar-refractivity contribution < 1.29 is 9.53 Å². The molecule has 0 aliphatic heterocycles. The molecule has 5 nitrogen and oxygen atoms in total. The number of hydrogen-bond acceptors (Lipinski definition) is 5. The Morgan fingerprint density at radius 3 is 2.65 bits per heavy atom. The topological polar surface area (TPSA) is 64.1 Å². The number of hydrogen-bond donors (Lipinski definition) is 1. The summed E-state index contributed by atoms with van der Waals surface area (Å²) >= 11 is 7.20. The van der Waals surface area contributed by atoms with Gasteiger partial charge in [-0.3, -0.25) is 9.78 Å². The van der Waals surface area contributed by atoms with Gasteiger partial charge >= 0.3 is 0 Å². The van der Waals surface area contributed by atoms with Crippen LogP contribution in [-0.4, -0.2) is 15.9 Å². The number of aryl methyl sites for hydroxylation is 2. The fourth-order valence-electron chi connectivity index (χ4n) is 2.27. The standard InChI is InChI=1S/C19H18ClN3O2S/c1-12-3-8-16(10-21-12)25-11-17-23-13(2)18(26-17)19(24)22-9-14-4-6-15(20)7-5-14/h3-8,10H,9,11H2,1-2H3,(H,22,24). The molecule has 0 saturated heterocycles. The van der Waals surface area contributed by atoms with Crippen LogP contribution in [0.15, 0.2) is 42.6 Å². The van der Waals surface area contributed by atoms with E-state index in [0.29, 0.717) is 34.5 Å². The molecular weight excluding hydrogens is 370 g/mol. The van der Waals surface area contributed by atoms with Crippen LogP contribution in [0, 0.1) is 13.8 Å². The lowest BCUT2D eigenvalue weighted by molar-refractivity contribution is 0.0954. The molecule has 1 aromatic carbocycles. The quantitative estimate of drug-likeness (QED) is 0.684. The number of carbonyl (C=O) groups excluding carboxylic acids is 1. The van der Waals surface area contributed by atoms with Crippen LogP contribution in [0.3, 0.4) is 0 Å². The molecule has 1 amide bonds. The summed E-state index contributed by atoms with van der Waals surface area (Å²) in [5, 5.41) is 4.33. The lowest BCUT2D eigenvalue weighted by Gasteiger charge is -2.04. The molecule has 0 bridgehead atoms. The van der Waals surface area contributed by atoms with E-state index < -0.39 is 0 Å².